The Kier molecular flexibility index (Phi) is 6.70. The second kappa shape index (κ2) is 9.88. The third-order valence-corrected chi connectivity index (χ3v) is 7.55. The fourth-order valence-electron chi connectivity index (χ4n) is 5.26. The lowest BCUT2D eigenvalue weighted by Crippen LogP contribution is -2.49. The molecule has 5 rings (SSSR count). The third-order valence-electron chi connectivity index (χ3n) is 7.55. The van der Waals surface area contributed by atoms with Crippen LogP contribution in [-0.4, -0.2) is 76.9 Å². The van der Waals surface area contributed by atoms with E-state index in [0.717, 1.165) is 99.0 Å². The van der Waals surface area contributed by atoms with Crippen LogP contribution in [0.3, 0.4) is 0 Å². The SMILES string of the molecule is CCc1cc2[nH]c(=O)c3cnn(C4CCC4)c3c2cc1C(=O)N1CCN(CCCCOC)CC1. The summed E-state index contributed by atoms with van der Waals surface area (Å²) in [7, 11) is 1.74. The zero-order valence-corrected chi connectivity index (χ0v) is 20.3. The monoisotopic (exact) mass is 465 g/mol. The van der Waals surface area contributed by atoms with E-state index in [1.165, 1.54) is 6.42 Å². The number of aromatic nitrogens is 3. The van der Waals surface area contributed by atoms with Gasteiger partial charge >= 0.3 is 0 Å². The lowest BCUT2D eigenvalue weighted by molar-refractivity contribution is 0.0631. The summed E-state index contributed by atoms with van der Waals surface area (Å²) in [5.41, 5.74) is 3.26. The number of piperazine rings is 1. The summed E-state index contributed by atoms with van der Waals surface area (Å²) >= 11 is 0. The minimum atomic E-state index is -0.115. The maximum atomic E-state index is 13.7. The molecular weight excluding hydrogens is 430 g/mol. The number of fused-ring (bicyclic) bond motifs is 3. The highest BCUT2D eigenvalue weighted by molar-refractivity contribution is 6.07. The Labute approximate surface area is 199 Å². The van der Waals surface area contributed by atoms with E-state index in [0.29, 0.717) is 11.4 Å². The molecule has 1 aromatic carbocycles. The number of unbranched alkanes of at least 4 members (excludes halogenated alkanes) is 1. The number of H-pyrrole nitrogens is 1. The Morgan fingerprint density at radius 1 is 1.15 bits per heavy atom. The number of nitrogens with one attached hydrogen (secondary N) is 1. The average Bonchev–Trinajstić information content (AvgIpc) is 3.25. The summed E-state index contributed by atoms with van der Waals surface area (Å²) in [6.45, 7) is 7.21. The van der Waals surface area contributed by atoms with E-state index in [1.54, 1.807) is 13.3 Å². The van der Waals surface area contributed by atoms with Crippen LogP contribution in [0.25, 0.3) is 21.8 Å². The highest BCUT2D eigenvalue weighted by Gasteiger charge is 2.27. The van der Waals surface area contributed by atoms with Gasteiger partial charge in [-0.3, -0.25) is 19.2 Å². The number of ether oxygens (including phenoxy) is 1. The molecule has 1 saturated carbocycles. The highest BCUT2D eigenvalue weighted by Crippen LogP contribution is 2.35. The van der Waals surface area contributed by atoms with Crippen LogP contribution in [0.2, 0.25) is 0 Å². The summed E-state index contributed by atoms with van der Waals surface area (Å²) in [4.78, 5) is 33.8. The number of nitrogens with zero attached hydrogens (tertiary/aromatic N) is 4. The number of aromatic amines is 1. The number of hydrogen-bond acceptors (Lipinski definition) is 5. The molecule has 0 spiro atoms. The number of hydrogen-bond donors (Lipinski definition) is 1. The van der Waals surface area contributed by atoms with Gasteiger partial charge in [0.1, 0.15) is 0 Å². The van der Waals surface area contributed by atoms with Crippen LogP contribution in [0.4, 0.5) is 0 Å². The molecule has 2 aliphatic rings. The Balaban J connectivity index is 1.43. The zero-order chi connectivity index (χ0) is 23.7. The average molecular weight is 466 g/mol. The van der Waals surface area contributed by atoms with Gasteiger partial charge in [0, 0.05) is 50.8 Å². The molecule has 8 heteroatoms. The van der Waals surface area contributed by atoms with Gasteiger partial charge in [0.15, 0.2) is 0 Å². The van der Waals surface area contributed by atoms with Crippen LogP contribution < -0.4 is 5.56 Å². The standard InChI is InChI=1S/C26H35N5O3/c1-3-18-15-23-21(24-22(25(32)28-23)17-27-31(24)19-7-6-8-19)16-20(18)26(33)30-12-10-29(11-13-30)9-4-5-14-34-2/h15-17,19H,3-14H2,1-2H3,(H,28,32). The molecule has 2 aromatic heterocycles. The van der Waals surface area contributed by atoms with Gasteiger partial charge in [-0.05, 0) is 62.8 Å². The van der Waals surface area contributed by atoms with E-state index in [9.17, 15) is 9.59 Å². The summed E-state index contributed by atoms with van der Waals surface area (Å²) in [5.74, 6) is 0.0897. The van der Waals surface area contributed by atoms with Crippen LogP contribution in [0.5, 0.6) is 0 Å². The Morgan fingerprint density at radius 2 is 1.94 bits per heavy atom. The number of methoxy groups -OCH3 is 1. The van der Waals surface area contributed by atoms with Gasteiger partial charge in [0.05, 0.1) is 28.7 Å². The van der Waals surface area contributed by atoms with Crippen molar-refractivity contribution in [2.75, 3.05) is 46.4 Å². The molecule has 0 atom stereocenters. The van der Waals surface area contributed by atoms with Crippen LogP contribution >= 0.6 is 0 Å². The Hall–Kier alpha value is -2.71. The molecular formula is C26H35N5O3. The van der Waals surface area contributed by atoms with E-state index in [1.807, 2.05) is 21.7 Å². The van der Waals surface area contributed by atoms with Crippen LogP contribution in [0.15, 0.2) is 23.1 Å². The van der Waals surface area contributed by atoms with Crippen LogP contribution in [0.1, 0.15) is 61.0 Å². The smallest absolute Gasteiger partial charge is 0.259 e. The molecule has 1 N–H and O–H groups in total. The van der Waals surface area contributed by atoms with Crippen molar-refractivity contribution in [3.8, 4) is 0 Å². The molecule has 8 nitrogen and oxygen atoms in total. The molecule has 0 radical (unpaired) electrons. The molecule has 1 saturated heterocycles. The fourth-order valence-corrected chi connectivity index (χ4v) is 5.26. The van der Waals surface area contributed by atoms with E-state index in [4.69, 9.17) is 4.74 Å². The van der Waals surface area contributed by atoms with Gasteiger partial charge in [-0.1, -0.05) is 6.92 Å². The van der Waals surface area contributed by atoms with Gasteiger partial charge < -0.3 is 14.6 Å². The molecule has 34 heavy (non-hydrogen) atoms. The lowest BCUT2D eigenvalue weighted by atomic mass is 9.93. The molecule has 182 valence electrons. The lowest BCUT2D eigenvalue weighted by Gasteiger charge is -2.35. The van der Waals surface area contributed by atoms with E-state index in [2.05, 4.69) is 21.9 Å². The second-order valence-corrected chi connectivity index (χ2v) is 9.63. The predicted molar refractivity (Wildman–Crippen MR) is 134 cm³/mol. The largest absolute Gasteiger partial charge is 0.385 e. The number of carbonyl (C=O) groups is 1. The van der Waals surface area contributed by atoms with Gasteiger partial charge in [-0.2, -0.15) is 5.10 Å². The zero-order valence-electron chi connectivity index (χ0n) is 20.3. The van der Waals surface area contributed by atoms with Gasteiger partial charge in [0.25, 0.3) is 11.5 Å². The number of benzene rings is 1. The Bertz CT molecular complexity index is 1230. The number of aryl methyl sites for hydroxylation is 1. The number of carbonyl (C=O) groups excluding carboxylic acids is 1. The van der Waals surface area contributed by atoms with Crippen molar-refractivity contribution >= 4 is 27.7 Å². The molecule has 3 aromatic rings. The topological polar surface area (TPSA) is 83.5 Å². The normalized spacial score (nSPS) is 17.5. The molecule has 0 unspecified atom stereocenters. The first-order valence-electron chi connectivity index (χ1n) is 12.7. The summed E-state index contributed by atoms with van der Waals surface area (Å²) < 4.78 is 7.16. The first-order valence-corrected chi connectivity index (χ1v) is 12.7. The van der Waals surface area contributed by atoms with Gasteiger partial charge in [0.2, 0.25) is 0 Å². The van der Waals surface area contributed by atoms with Crippen molar-refractivity contribution in [3.05, 3.63) is 39.8 Å². The highest BCUT2D eigenvalue weighted by atomic mass is 16.5. The van der Waals surface area contributed by atoms with Crippen molar-refractivity contribution in [2.45, 2.75) is 51.5 Å². The van der Waals surface area contributed by atoms with Crippen molar-refractivity contribution in [3.63, 3.8) is 0 Å². The first kappa shape index (κ1) is 23.1. The number of amides is 1. The minimum Gasteiger partial charge on any atom is -0.385 e. The Morgan fingerprint density at radius 3 is 2.62 bits per heavy atom. The molecule has 1 amide bonds. The van der Waals surface area contributed by atoms with Crippen molar-refractivity contribution in [2.24, 2.45) is 0 Å². The maximum Gasteiger partial charge on any atom is 0.259 e. The number of rotatable bonds is 8. The van der Waals surface area contributed by atoms with Crippen LogP contribution in [0, 0.1) is 0 Å². The summed E-state index contributed by atoms with van der Waals surface area (Å²) in [5, 5.41) is 6.08. The van der Waals surface area contributed by atoms with E-state index < -0.39 is 0 Å². The second-order valence-electron chi connectivity index (χ2n) is 9.63. The quantitative estimate of drug-likeness (QED) is 0.516. The molecule has 2 fully saturated rings. The maximum absolute atomic E-state index is 13.7. The third kappa shape index (κ3) is 4.25. The number of pyridine rings is 1. The van der Waals surface area contributed by atoms with E-state index >= 15 is 0 Å². The molecule has 0 bridgehead atoms. The van der Waals surface area contributed by atoms with E-state index in [-0.39, 0.29) is 11.5 Å². The van der Waals surface area contributed by atoms with Gasteiger partial charge in [-0.15, -0.1) is 0 Å². The molecule has 3 heterocycles. The van der Waals surface area contributed by atoms with Gasteiger partial charge in [-0.25, -0.2) is 0 Å². The molecule has 1 aliphatic carbocycles. The van der Waals surface area contributed by atoms with Crippen molar-refractivity contribution < 1.29 is 9.53 Å². The fraction of sp³-hybridized carbons (Fsp3) is 0.577. The van der Waals surface area contributed by atoms with Crippen molar-refractivity contribution in [1.29, 1.82) is 0 Å². The first-order chi connectivity index (χ1) is 16.6. The molecule has 1 aliphatic heterocycles. The predicted octanol–water partition coefficient (Wildman–Crippen LogP) is 3.35. The van der Waals surface area contributed by atoms with Crippen LogP contribution in [-0.2, 0) is 11.2 Å². The summed E-state index contributed by atoms with van der Waals surface area (Å²) in [6.07, 6.45) is 7.95. The minimum absolute atomic E-state index is 0.0897. The van der Waals surface area contributed by atoms with Crippen molar-refractivity contribution in [1.82, 2.24) is 24.6 Å². The summed E-state index contributed by atoms with van der Waals surface area (Å²) in [6, 6.07) is 4.33.